The summed E-state index contributed by atoms with van der Waals surface area (Å²) in [6.45, 7) is 6.20. The molecule has 2 nitrogen and oxygen atoms in total. The first-order valence-corrected chi connectivity index (χ1v) is 5.42. The summed E-state index contributed by atoms with van der Waals surface area (Å²) in [5.74, 6) is 0.269. The molecule has 0 aliphatic heterocycles. The Bertz CT molecular complexity index is 460. The van der Waals surface area contributed by atoms with Gasteiger partial charge in [0, 0.05) is 12.5 Å². The molecule has 1 atom stereocenters. The van der Waals surface area contributed by atoms with Gasteiger partial charge in [-0.25, -0.2) is 0 Å². The first-order chi connectivity index (χ1) is 7.72. The van der Waals surface area contributed by atoms with Crippen LogP contribution in [-0.4, -0.2) is 12.5 Å². The van der Waals surface area contributed by atoms with Gasteiger partial charge in [-0.15, -0.1) is 0 Å². The topological polar surface area (TPSA) is 29.1 Å². The van der Waals surface area contributed by atoms with E-state index in [0.717, 1.165) is 0 Å². The maximum Gasteiger partial charge on any atom is 0.243 e. The monoisotopic (exact) mass is 213 g/mol. The third-order valence-electron chi connectivity index (χ3n) is 3.01. The van der Waals surface area contributed by atoms with E-state index in [-0.39, 0.29) is 5.91 Å². The molecule has 1 amide bonds. The van der Waals surface area contributed by atoms with Crippen molar-refractivity contribution in [3.8, 4) is 0 Å². The van der Waals surface area contributed by atoms with Crippen LogP contribution in [0.2, 0.25) is 0 Å². The molecule has 1 aliphatic carbocycles. The highest BCUT2D eigenvalue weighted by molar-refractivity contribution is 5.87. The van der Waals surface area contributed by atoms with Crippen molar-refractivity contribution in [1.82, 2.24) is 5.32 Å². The van der Waals surface area contributed by atoms with Crippen molar-refractivity contribution >= 4 is 12.0 Å². The molecule has 0 saturated heterocycles. The summed E-state index contributed by atoms with van der Waals surface area (Å²) in [6.07, 6.45) is 3.46. The minimum Gasteiger partial charge on any atom is -0.349 e. The smallest absolute Gasteiger partial charge is 0.243 e. The zero-order chi connectivity index (χ0) is 11.5. The van der Waals surface area contributed by atoms with E-state index >= 15 is 0 Å². The van der Waals surface area contributed by atoms with Gasteiger partial charge >= 0.3 is 0 Å². The van der Waals surface area contributed by atoms with Crippen LogP contribution < -0.4 is 5.32 Å². The number of nitrogens with one attached hydrogen (secondary N) is 1. The predicted octanol–water partition coefficient (Wildman–Crippen LogP) is 2.49. The third-order valence-corrected chi connectivity index (χ3v) is 3.01. The predicted molar refractivity (Wildman–Crippen MR) is 66.0 cm³/mol. The lowest BCUT2D eigenvalue weighted by atomic mass is 9.98. The van der Waals surface area contributed by atoms with Crippen LogP contribution in [0.3, 0.4) is 0 Å². The van der Waals surface area contributed by atoms with Crippen molar-refractivity contribution in [2.75, 3.05) is 6.54 Å². The number of fused-ring (bicyclic) bond motifs is 1. The molecule has 1 aromatic carbocycles. The van der Waals surface area contributed by atoms with E-state index in [1.165, 1.54) is 22.8 Å². The van der Waals surface area contributed by atoms with Crippen molar-refractivity contribution in [1.29, 1.82) is 0 Å². The van der Waals surface area contributed by atoms with Gasteiger partial charge in [-0.2, -0.15) is 0 Å². The summed E-state index contributed by atoms with van der Waals surface area (Å²) >= 11 is 0. The van der Waals surface area contributed by atoms with E-state index in [9.17, 15) is 4.79 Å². The zero-order valence-corrected chi connectivity index (χ0v) is 9.36. The van der Waals surface area contributed by atoms with Gasteiger partial charge in [-0.05, 0) is 22.8 Å². The van der Waals surface area contributed by atoms with Gasteiger partial charge in [0.1, 0.15) is 0 Å². The molecule has 1 N–H and O–H groups in total. The molecule has 0 radical (unpaired) electrons. The van der Waals surface area contributed by atoms with Gasteiger partial charge in [-0.1, -0.05) is 43.8 Å². The molecule has 0 heterocycles. The van der Waals surface area contributed by atoms with Gasteiger partial charge in [-0.3, -0.25) is 4.79 Å². The molecule has 0 bridgehead atoms. The van der Waals surface area contributed by atoms with Crippen LogP contribution in [0.25, 0.3) is 6.08 Å². The summed E-state index contributed by atoms with van der Waals surface area (Å²) in [5.41, 5.74) is 3.85. The van der Waals surface area contributed by atoms with Gasteiger partial charge in [0.2, 0.25) is 5.91 Å². The van der Waals surface area contributed by atoms with Crippen LogP contribution in [0.15, 0.2) is 42.5 Å². The number of hydrogen-bond acceptors (Lipinski definition) is 1. The molecule has 0 aromatic heterocycles. The van der Waals surface area contributed by atoms with Crippen LogP contribution in [-0.2, 0) is 4.79 Å². The summed E-state index contributed by atoms with van der Waals surface area (Å²) in [6, 6.07) is 8.33. The fraction of sp³-hybridized carbons (Fsp3) is 0.214. The number of amides is 1. The molecule has 0 spiro atoms. The molecule has 2 heteroatoms. The first-order valence-electron chi connectivity index (χ1n) is 5.42. The highest BCUT2D eigenvalue weighted by atomic mass is 16.1. The number of carbonyl (C=O) groups is 1. The van der Waals surface area contributed by atoms with Crippen molar-refractivity contribution in [3.05, 3.63) is 53.6 Å². The Morgan fingerprint density at radius 3 is 2.94 bits per heavy atom. The minimum absolute atomic E-state index is 0.121. The maximum atomic E-state index is 11.1. The van der Waals surface area contributed by atoms with E-state index in [0.29, 0.717) is 12.5 Å². The highest BCUT2D eigenvalue weighted by Crippen LogP contribution is 2.34. The van der Waals surface area contributed by atoms with Crippen molar-refractivity contribution in [3.63, 3.8) is 0 Å². The van der Waals surface area contributed by atoms with E-state index in [2.05, 4.69) is 43.1 Å². The molecule has 0 saturated carbocycles. The second kappa shape index (κ2) is 4.35. The quantitative estimate of drug-likeness (QED) is 0.768. The number of rotatable bonds is 3. The first kappa shape index (κ1) is 10.7. The number of hydrogen-bond donors (Lipinski definition) is 1. The molecule has 82 valence electrons. The fourth-order valence-corrected chi connectivity index (χ4v) is 2.03. The van der Waals surface area contributed by atoms with Gasteiger partial charge in [0.25, 0.3) is 0 Å². The maximum absolute atomic E-state index is 11.1. The van der Waals surface area contributed by atoms with Crippen molar-refractivity contribution < 1.29 is 4.79 Å². The standard InChI is InChI=1S/C14H15NO/c1-3-14(16)15-9-12-8-11-6-4-5-7-13(11)10(12)2/h3-8,10H,1,9H2,2H3,(H,15,16). The second-order valence-electron chi connectivity index (χ2n) is 3.99. The summed E-state index contributed by atoms with van der Waals surface area (Å²) in [5, 5.41) is 2.81. The molecule has 2 rings (SSSR count). The summed E-state index contributed by atoms with van der Waals surface area (Å²) in [7, 11) is 0. The van der Waals surface area contributed by atoms with Crippen LogP contribution in [0.4, 0.5) is 0 Å². The molecule has 1 unspecified atom stereocenters. The molecule has 1 aliphatic rings. The Morgan fingerprint density at radius 1 is 1.50 bits per heavy atom. The second-order valence-corrected chi connectivity index (χ2v) is 3.99. The van der Waals surface area contributed by atoms with Gasteiger partial charge < -0.3 is 5.32 Å². The molecule has 0 fully saturated rings. The fourth-order valence-electron chi connectivity index (χ4n) is 2.03. The van der Waals surface area contributed by atoms with Crippen LogP contribution in [0.5, 0.6) is 0 Å². The van der Waals surface area contributed by atoms with Crippen LogP contribution >= 0.6 is 0 Å². The zero-order valence-electron chi connectivity index (χ0n) is 9.36. The van der Waals surface area contributed by atoms with Gasteiger partial charge in [0.05, 0.1) is 0 Å². The van der Waals surface area contributed by atoms with Crippen molar-refractivity contribution in [2.45, 2.75) is 12.8 Å². The minimum atomic E-state index is -0.121. The average Bonchev–Trinajstić information content (AvgIpc) is 2.64. The van der Waals surface area contributed by atoms with E-state index in [1.54, 1.807) is 0 Å². The van der Waals surface area contributed by atoms with E-state index in [4.69, 9.17) is 0 Å². The van der Waals surface area contributed by atoms with E-state index in [1.807, 2.05) is 6.07 Å². The van der Waals surface area contributed by atoms with Gasteiger partial charge in [0.15, 0.2) is 0 Å². The molecule has 1 aromatic rings. The largest absolute Gasteiger partial charge is 0.349 e. The summed E-state index contributed by atoms with van der Waals surface area (Å²) in [4.78, 5) is 11.1. The Labute approximate surface area is 95.7 Å². The van der Waals surface area contributed by atoms with Crippen LogP contribution in [0.1, 0.15) is 24.0 Å². The third kappa shape index (κ3) is 1.91. The van der Waals surface area contributed by atoms with E-state index < -0.39 is 0 Å². The highest BCUT2D eigenvalue weighted by Gasteiger charge is 2.20. The summed E-state index contributed by atoms with van der Waals surface area (Å²) < 4.78 is 0. The Balaban J connectivity index is 2.10. The normalized spacial score (nSPS) is 17.6. The lowest BCUT2D eigenvalue weighted by molar-refractivity contribution is -0.116. The Kier molecular flexibility index (Phi) is 2.91. The Hall–Kier alpha value is -1.83. The molecular formula is C14H15NO. The lowest BCUT2D eigenvalue weighted by Crippen LogP contribution is -2.23. The average molecular weight is 213 g/mol. The number of carbonyl (C=O) groups excluding carboxylic acids is 1. The molecular weight excluding hydrogens is 198 g/mol. The lowest BCUT2D eigenvalue weighted by Gasteiger charge is -2.11. The van der Waals surface area contributed by atoms with Crippen molar-refractivity contribution in [2.24, 2.45) is 0 Å². The Morgan fingerprint density at radius 2 is 2.25 bits per heavy atom. The SMILES string of the molecule is C=CC(=O)NCC1=Cc2ccccc2C1C. The van der Waals surface area contributed by atoms with Crippen LogP contribution in [0, 0.1) is 0 Å². The number of benzene rings is 1. The molecule has 16 heavy (non-hydrogen) atoms.